The van der Waals surface area contributed by atoms with Crippen LogP contribution in [0.15, 0.2) is 24.3 Å². The molecule has 0 heterocycles. The molecule has 1 rings (SSSR count). The molecule has 0 saturated carbocycles. The van der Waals surface area contributed by atoms with E-state index in [0.29, 0.717) is 23.7 Å². The zero-order valence-electron chi connectivity index (χ0n) is 8.90. The summed E-state index contributed by atoms with van der Waals surface area (Å²) >= 11 is 5.53. The summed E-state index contributed by atoms with van der Waals surface area (Å²) < 4.78 is 0. The first-order chi connectivity index (χ1) is 7.67. The summed E-state index contributed by atoms with van der Waals surface area (Å²) in [5, 5.41) is 11.4. The monoisotopic (exact) mass is 237 g/mol. The normalized spacial score (nSPS) is 9.31. The molecule has 84 valence electrons. The summed E-state index contributed by atoms with van der Waals surface area (Å²) in [4.78, 5) is 13.1. The van der Waals surface area contributed by atoms with Crippen molar-refractivity contribution < 1.29 is 4.79 Å². The molecule has 0 bridgehead atoms. The molecular weight excluding hydrogens is 226 g/mol. The van der Waals surface area contributed by atoms with Crippen LogP contribution in [0, 0.1) is 11.3 Å². The summed E-state index contributed by atoms with van der Waals surface area (Å²) in [6.45, 7) is 0.478. The van der Waals surface area contributed by atoms with Gasteiger partial charge in [-0.15, -0.1) is 11.6 Å². The Bertz CT molecular complexity index is 414. The molecule has 0 fully saturated rings. The van der Waals surface area contributed by atoms with Gasteiger partial charge in [-0.1, -0.05) is 6.07 Å². The number of anilines is 1. The van der Waals surface area contributed by atoms with E-state index >= 15 is 0 Å². The summed E-state index contributed by atoms with van der Waals surface area (Å²) in [5.74, 6) is 0.391. The predicted molar refractivity (Wildman–Crippen MR) is 63.5 cm³/mol. The van der Waals surface area contributed by atoms with Gasteiger partial charge < -0.3 is 10.2 Å². The van der Waals surface area contributed by atoms with Gasteiger partial charge in [0.2, 0.25) is 0 Å². The van der Waals surface area contributed by atoms with Crippen LogP contribution >= 0.6 is 11.6 Å². The van der Waals surface area contributed by atoms with E-state index in [9.17, 15) is 4.79 Å². The highest BCUT2D eigenvalue weighted by Crippen LogP contribution is 2.10. The lowest BCUT2D eigenvalue weighted by Crippen LogP contribution is -2.32. The largest absolute Gasteiger partial charge is 0.326 e. The molecule has 0 aliphatic carbocycles. The Hall–Kier alpha value is -1.73. The average Bonchev–Trinajstić information content (AvgIpc) is 2.29. The zero-order chi connectivity index (χ0) is 12.0. The maximum absolute atomic E-state index is 11.6. The number of carbonyl (C=O) groups is 1. The van der Waals surface area contributed by atoms with E-state index in [1.165, 1.54) is 4.90 Å². The van der Waals surface area contributed by atoms with Crippen molar-refractivity contribution in [3.63, 3.8) is 0 Å². The number of nitriles is 1. The number of benzene rings is 1. The quantitative estimate of drug-likeness (QED) is 0.820. The number of halogens is 1. The van der Waals surface area contributed by atoms with E-state index in [-0.39, 0.29) is 6.03 Å². The second-order valence-electron chi connectivity index (χ2n) is 3.23. The zero-order valence-corrected chi connectivity index (χ0v) is 9.66. The molecule has 16 heavy (non-hydrogen) atoms. The molecule has 0 spiro atoms. The molecule has 0 unspecified atom stereocenters. The number of nitrogens with one attached hydrogen (secondary N) is 1. The second kappa shape index (κ2) is 5.99. The molecular formula is C11H12ClN3O. The van der Waals surface area contributed by atoms with Crippen LogP contribution in [-0.2, 0) is 0 Å². The van der Waals surface area contributed by atoms with Crippen molar-refractivity contribution in [1.29, 1.82) is 5.26 Å². The fourth-order valence-corrected chi connectivity index (χ4v) is 1.37. The average molecular weight is 238 g/mol. The smallest absolute Gasteiger partial charge is 0.321 e. The Labute approximate surface area is 99.4 Å². The fourth-order valence-electron chi connectivity index (χ4n) is 1.11. The molecule has 1 aromatic carbocycles. The van der Waals surface area contributed by atoms with Crippen molar-refractivity contribution in [2.75, 3.05) is 24.8 Å². The molecule has 0 aromatic heterocycles. The molecule has 1 N–H and O–H groups in total. The molecule has 1 aromatic rings. The second-order valence-corrected chi connectivity index (χ2v) is 3.61. The highest BCUT2D eigenvalue weighted by molar-refractivity contribution is 6.18. The molecule has 5 heteroatoms. The Morgan fingerprint density at radius 3 is 3.00 bits per heavy atom. The van der Waals surface area contributed by atoms with Crippen LogP contribution in [0.3, 0.4) is 0 Å². The Morgan fingerprint density at radius 2 is 2.38 bits per heavy atom. The summed E-state index contributed by atoms with van der Waals surface area (Å²) in [6.07, 6.45) is 0. The lowest BCUT2D eigenvalue weighted by atomic mass is 10.2. The Kier molecular flexibility index (Phi) is 4.62. The van der Waals surface area contributed by atoms with Gasteiger partial charge in [-0.2, -0.15) is 5.26 Å². The van der Waals surface area contributed by atoms with Gasteiger partial charge in [0.1, 0.15) is 0 Å². The third-order valence-electron chi connectivity index (χ3n) is 2.01. The van der Waals surface area contributed by atoms with E-state index in [4.69, 9.17) is 16.9 Å². The number of hydrogen-bond acceptors (Lipinski definition) is 2. The van der Waals surface area contributed by atoms with Gasteiger partial charge in [-0.25, -0.2) is 4.79 Å². The molecule has 2 amide bonds. The minimum atomic E-state index is -0.240. The topological polar surface area (TPSA) is 56.1 Å². The summed E-state index contributed by atoms with van der Waals surface area (Å²) in [6, 6.07) is 8.51. The van der Waals surface area contributed by atoms with Crippen molar-refractivity contribution in [1.82, 2.24) is 4.90 Å². The summed E-state index contributed by atoms with van der Waals surface area (Å²) in [7, 11) is 1.66. The van der Waals surface area contributed by atoms with Crippen LogP contribution in [0.4, 0.5) is 10.5 Å². The third kappa shape index (κ3) is 3.44. The SMILES string of the molecule is CN(CCCl)C(=O)Nc1cccc(C#N)c1. The molecule has 0 radical (unpaired) electrons. The Morgan fingerprint density at radius 1 is 1.62 bits per heavy atom. The van der Waals surface area contributed by atoms with Gasteiger partial charge >= 0.3 is 6.03 Å². The van der Waals surface area contributed by atoms with Crippen LogP contribution in [0.5, 0.6) is 0 Å². The van der Waals surface area contributed by atoms with E-state index in [1.807, 2.05) is 6.07 Å². The van der Waals surface area contributed by atoms with Crippen LogP contribution in [0.2, 0.25) is 0 Å². The number of carbonyl (C=O) groups excluding carboxylic acids is 1. The van der Waals surface area contributed by atoms with E-state index in [1.54, 1.807) is 31.3 Å². The first kappa shape index (κ1) is 12.3. The van der Waals surface area contributed by atoms with Crippen LogP contribution < -0.4 is 5.32 Å². The van der Waals surface area contributed by atoms with E-state index in [2.05, 4.69) is 5.32 Å². The first-order valence-corrected chi connectivity index (χ1v) is 5.29. The number of hydrogen-bond donors (Lipinski definition) is 1. The molecule has 0 aliphatic rings. The van der Waals surface area contributed by atoms with Crippen LogP contribution in [0.1, 0.15) is 5.56 Å². The Balaban J connectivity index is 2.66. The van der Waals surface area contributed by atoms with Gasteiger partial charge in [0, 0.05) is 25.2 Å². The van der Waals surface area contributed by atoms with E-state index < -0.39 is 0 Å². The highest BCUT2D eigenvalue weighted by Gasteiger charge is 2.07. The number of amides is 2. The van der Waals surface area contributed by atoms with Gasteiger partial charge in [0.25, 0.3) is 0 Å². The maximum Gasteiger partial charge on any atom is 0.321 e. The number of alkyl halides is 1. The lowest BCUT2D eigenvalue weighted by Gasteiger charge is -2.16. The molecule has 4 nitrogen and oxygen atoms in total. The van der Waals surface area contributed by atoms with Crippen molar-refractivity contribution in [3.05, 3.63) is 29.8 Å². The number of rotatable bonds is 3. The number of urea groups is 1. The van der Waals surface area contributed by atoms with Gasteiger partial charge in [-0.05, 0) is 18.2 Å². The first-order valence-electron chi connectivity index (χ1n) is 4.75. The van der Waals surface area contributed by atoms with Crippen LogP contribution in [-0.4, -0.2) is 30.4 Å². The van der Waals surface area contributed by atoms with E-state index in [0.717, 1.165) is 0 Å². The summed E-state index contributed by atoms with van der Waals surface area (Å²) in [5.41, 5.74) is 1.11. The minimum absolute atomic E-state index is 0.240. The molecule has 0 aliphatic heterocycles. The molecule has 0 atom stereocenters. The van der Waals surface area contributed by atoms with Crippen molar-refractivity contribution in [2.45, 2.75) is 0 Å². The van der Waals surface area contributed by atoms with Gasteiger partial charge in [0.05, 0.1) is 11.6 Å². The van der Waals surface area contributed by atoms with Crippen molar-refractivity contribution in [2.24, 2.45) is 0 Å². The standard InChI is InChI=1S/C11H12ClN3O/c1-15(6-5-12)11(16)14-10-4-2-3-9(7-10)8-13/h2-4,7H,5-6H2,1H3,(H,14,16). The third-order valence-corrected chi connectivity index (χ3v) is 2.18. The van der Waals surface area contributed by atoms with Crippen molar-refractivity contribution >= 4 is 23.3 Å². The highest BCUT2D eigenvalue weighted by atomic mass is 35.5. The fraction of sp³-hybridized carbons (Fsp3) is 0.273. The van der Waals surface area contributed by atoms with Gasteiger partial charge in [-0.3, -0.25) is 0 Å². The lowest BCUT2D eigenvalue weighted by molar-refractivity contribution is 0.225. The van der Waals surface area contributed by atoms with Crippen LogP contribution in [0.25, 0.3) is 0 Å². The van der Waals surface area contributed by atoms with Crippen molar-refractivity contribution in [3.8, 4) is 6.07 Å². The van der Waals surface area contributed by atoms with Gasteiger partial charge in [0.15, 0.2) is 0 Å². The minimum Gasteiger partial charge on any atom is -0.326 e. The predicted octanol–water partition coefficient (Wildman–Crippen LogP) is 2.26. The molecule has 0 saturated heterocycles. The number of nitrogens with zero attached hydrogens (tertiary/aromatic N) is 2. The maximum atomic E-state index is 11.6.